The molecule has 0 saturated carbocycles. The highest BCUT2D eigenvalue weighted by Crippen LogP contribution is 2.36. The summed E-state index contributed by atoms with van der Waals surface area (Å²) in [4.78, 5) is 14.9. The van der Waals surface area contributed by atoms with Crippen LogP contribution in [0, 0.1) is 0 Å². The summed E-state index contributed by atoms with van der Waals surface area (Å²) >= 11 is 1.70. The summed E-state index contributed by atoms with van der Waals surface area (Å²) in [6.45, 7) is 6.20. The van der Waals surface area contributed by atoms with Crippen LogP contribution in [0.15, 0.2) is 48.5 Å². The SMILES string of the molecule is CN(C(=O)OC(C)(C)C)c1ccc(-c2cc3ccc(OCCCO)cc3s2)cc1. The molecular weight excluding hydrogens is 386 g/mol. The standard InChI is InChI=1S/C23H27NO4S/c1-23(2,3)28-22(26)24(4)18-9-6-16(7-10-18)20-14-17-8-11-19(15-21(17)29-20)27-13-5-12-25/h6-11,14-15,25H,5,12-13H2,1-4H3. The normalized spacial score (nSPS) is 11.5. The lowest BCUT2D eigenvalue weighted by atomic mass is 10.1. The molecule has 0 bridgehead atoms. The van der Waals surface area contributed by atoms with E-state index in [0.29, 0.717) is 13.0 Å². The maximum atomic E-state index is 12.2. The van der Waals surface area contributed by atoms with Crippen LogP contribution in [0.1, 0.15) is 27.2 Å². The molecule has 0 aliphatic rings. The molecule has 5 nitrogen and oxygen atoms in total. The molecular formula is C23H27NO4S. The van der Waals surface area contributed by atoms with E-state index in [9.17, 15) is 4.79 Å². The third-order valence-corrected chi connectivity index (χ3v) is 5.42. The van der Waals surface area contributed by atoms with Crippen molar-refractivity contribution in [3.63, 3.8) is 0 Å². The molecule has 0 radical (unpaired) electrons. The lowest BCUT2D eigenvalue weighted by molar-refractivity contribution is 0.0589. The average Bonchev–Trinajstić information content (AvgIpc) is 3.10. The van der Waals surface area contributed by atoms with Gasteiger partial charge in [0, 0.05) is 35.3 Å². The van der Waals surface area contributed by atoms with Gasteiger partial charge in [0.15, 0.2) is 0 Å². The molecule has 154 valence electrons. The molecule has 0 saturated heterocycles. The van der Waals surface area contributed by atoms with Gasteiger partial charge in [-0.3, -0.25) is 4.90 Å². The Labute approximate surface area is 175 Å². The Morgan fingerprint density at radius 2 is 1.83 bits per heavy atom. The topological polar surface area (TPSA) is 59.0 Å². The molecule has 0 spiro atoms. The summed E-state index contributed by atoms with van der Waals surface area (Å²) in [6.07, 6.45) is 0.249. The van der Waals surface area contributed by atoms with Crippen LogP contribution in [-0.4, -0.2) is 37.1 Å². The van der Waals surface area contributed by atoms with Crippen LogP contribution in [0.3, 0.4) is 0 Å². The van der Waals surface area contributed by atoms with Crippen molar-refractivity contribution in [3.05, 3.63) is 48.5 Å². The highest BCUT2D eigenvalue weighted by molar-refractivity contribution is 7.22. The minimum atomic E-state index is -0.525. The van der Waals surface area contributed by atoms with Crippen molar-refractivity contribution in [1.29, 1.82) is 0 Å². The largest absolute Gasteiger partial charge is 0.493 e. The van der Waals surface area contributed by atoms with Gasteiger partial charge in [-0.25, -0.2) is 4.79 Å². The van der Waals surface area contributed by atoms with Gasteiger partial charge in [0.05, 0.1) is 6.61 Å². The summed E-state index contributed by atoms with van der Waals surface area (Å²) in [7, 11) is 1.71. The Morgan fingerprint density at radius 3 is 2.48 bits per heavy atom. The molecule has 2 aromatic carbocycles. The number of hydrogen-bond donors (Lipinski definition) is 1. The minimum Gasteiger partial charge on any atom is -0.493 e. The quantitative estimate of drug-likeness (QED) is 0.527. The molecule has 0 atom stereocenters. The summed E-state index contributed by atoms with van der Waals surface area (Å²) in [5, 5.41) is 10.0. The second-order valence-electron chi connectivity index (χ2n) is 7.82. The maximum Gasteiger partial charge on any atom is 0.414 e. The van der Waals surface area contributed by atoms with Gasteiger partial charge in [0.25, 0.3) is 0 Å². The van der Waals surface area contributed by atoms with E-state index in [-0.39, 0.29) is 12.7 Å². The number of amides is 1. The van der Waals surface area contributed by atoms with Crippen LogP contribution in [0.4, 0.5) is 10.5 Å². The van der Waals surface area contributed by atoms with Crippen molar-refractivity contribution >= 4 is 33.2 Å². The molecule has 6 heteroatoms. The highest BCUT2D eigenvalue weighted by atomic mass is 32.1. The maximum absolute atomic E-state index is 12.2. The van der Waals surface area contributed by atoms with Gasteiger partial charge < -0.3 is 14.6 Å². The zero-order valence-electron chi connectivity index (χ0n) is 17.3. The first-order valence-electron chi connectivity index (χ1n) is 9.61. The van der Waals surface area contributed by atoms with Gasteiger partial charge in [-0.2, -0.15) is 0 Å². The number of benzene rings is 2. The fourth-order valence-electron chi connectivity index (χ4n) is 2.78. The predicted octanol–water partition coefficient (Wildman–Crippen LogP) is 5.70. The lowest BCUT2D eigenvalue weighted by Gasteiger charge is -2.24. The van der Waals surface area contributed by atoms with Gasteiger partial charge in [-0.1, -0.05) is 12.1 Å². The third-order valence-electron chi connectivity index (χ3n) is 4.27. The van der Waals surface area contributed by atoms with Crippen molar-refractivity contribution in [3.8, 4) is 16.2 Å². The molecule has 1 N–H and O–H groups in total. The van der Waals surface area contributed by atoms with E-state index >= 15 is 0 Å². The van der Waals surface area contributed by atoms with Crippen molar-refractivity contribution < 1.29 is 19.4 Å². The molecule has 1 amide bonds. The molecule has 0 unspecified atom stereocenters. The molecule has 1 heterocycles. The van der Waals surface area contributed by atoms with E-state index in [0.717, 1.165) is 32.0 Å². The summed E-state index contributed by atoms with van der Waals surface area (Å²) in [6, 6.07) is 16.1. The smallest absolute Gasteiger partial charge is 0.414 e. The molecule has 0 aliphatic carbocycles. The number of ether oxygens (including phenoxy) is 2. The fourth-order valence-corrected chi connectivity index (χ4v) is 3.88. The zero-order valence-corrected chi connectivity index (χ0v) is 18.1. The second kappa shape index (κ2) is 8.84. The van der Waals surface area contributed by atoms with Crippen molar-refractivity contribution in [1.82, 2.24) is 0 Å². The Kier molecular flexibility index (Phi) is 6.45. The highest BCUT2D eigenvalue weighted by Gasteiger charge is 2.20. The first-order chi connectivity index (χ1) is 13.8. The van der Waals surface area contributed by atoms with E-state index in [2.05, 4.69) is 6.07 Å². The van der Waals surface area contributed by atoms with Crippen LogP contribution >= 0.6 is 11.3 Å². The first kappa shape index (κ1) is 21.1. The van der Waals surface area contributed by atoms with Crippen molar-refractivity contribution in [2.24, 2.45) is 0 Å². The summed E-state index contributed by atoms with van der Waals surface area (Å²) in [5.41, 5.74) is 1.35. The van der Waals surface area contributed by atoms with Gasteiger partial charge >= 0.3 is 6.09 Å². The lowest BCUT2D eigenvalue weighted by Crippen LogP contribution is -2.34. The Morgan fingerprint density at radius 1 is 1.10 bits per heavy atom. The van der Waals surface area contributed by atoms with Gasteiger partial charge in [0.2, 0.25) is 0 Å². The number of hydrogen-bond acceptors (Lipinski definition) is 5. The van der Waals surface area contributed by atoms with Crippen molar-refractivity contribution in [2.75, 3.05) is 25.2 Å². The molecule has 1 aromatic heterocycles. The van der Waals surface area contributed by atoms with Crippen LogP contribution in [0.5, 0.6) is 5.75 Å². The summed E-state index contributed by atoms with van der Waals surface area (Å²) in [5.74, 6) is 0.814. The van der Waals surface area contributed by atoms with Gasteiger partial charge in [-0.15, -0.1) is 11.3 Å². The minimum absolute atomic E-state index is 0.129. The predicted molar refractivity (Wildman–Crippen MR) is 119 cm³/mol. The molecule has 29 heavy (non-hydrogen) atoms. The number of carbonyl (C=O) groups excluding carboxylic acids is 1. The van der Waals surface area contributed by atoms with Crippen molar-refractivity contribution in [2.45, 2.75) is 32.8 Å². The monoisotopic (exact) mass is 413 g/mol. The number of aliphatic hydroxyl groups excluding tert-OH is 1. The average molecular weight is 414 g/mol. The number of anilines is 1. The van der Waals surface area contributed by atoms with Crippen LogP contribution in [0.25, 0.3) is 20.5 Å². The number of carbonyl (C=O) groups is 1. The molecule has 0 fully saturated rings. The van der Waals surface area contributed by atoms with Gasteiger partial charge in [-0.05, 0) is 68.1 Å². The van der Waals surface area contributed by atoms with E-state index in [1.807, 2.05) is 63.2 Å². The molecule has 3 aromatic rings. The zero-order chi connectivity index (χ0) is 21.0. The summed E-state index contributed by atoms with van der Waals surface area (Å²) < 4.78 is 12.2. The molecule has 0 aliphatic heterocycles. The van der Waals surface area contributed by atoms with E-state index < -0.39 is 5.60 Å². The van der Waals surface area contributed by atoms with E-state index in [1.165, 1.54) is 4.90 Å². The van der Waals surface area contributed by atoms with E-state index in [4.69, 9.17) is 14.6 Å². The number of aliphatic hydroxyl groups is 1. The Hall–Kier alpha value is -2.57. The first-order valence-corrected chi connectivity index (χ1v) is 10.4. The van der Waals surface area contributed by atoms with Crippen LogP contribution < -0.4 is 9.64 Å². The number of fused-ring (bicyclic) bond motifs is 1. The van der Waals surface area contributed by atoms with Gasteiger partial charge in [0.1, 0.15) is 11.4 Å². The Balaban J connectivity index is 1.75. The number of nitrogens with zero attached hydrogens (tertiary/aromatic N) is 1. The number of rotatable bonds is 6. The Bertz CT molecular complexity index is 973. The fraction of sp³-hybridized carbons (Fsp3) is 0.348. The molecule has 3 rings (SSSR count). The third kappa shape index (κ3) is 5.49. The van der Waals surface area contributed by atoms with E-state index in [1.54, 1.807) is 18.4 Å². The second-order valence-corrected chi connectivity index (χ2v) is 8.91. The van der Waals surface area contributed by atoms with Crippen LogP contribution in [-0.2, 0) is 4.74 Å². The van der Waals surface area contributed by atoms with Crippen LogP contribution in [0.2, 0.25) is 0 Å². The number of thiophene rings is 1.